The number of rotatable bonds is 7. The summed E-state index contributed by atoms with van der Waals surface area (Å²) in [5.41, 5.74) is 1.84. The van der Waals surface area contributed by atoms with Crippen molar-refractivity contribution in [1.82, 2.24) is 4.72 Å². The van der Waals surface area contributed by atoms with Gasteiger partial charge in [-0.2, -0.15) is 0 Å². The number of hydrogen-bond acceptors (Lipinski definition) is 5. The standard InChI is InChI=1S/C18H20N2O5S/c1-13-3-9-16(10-4-13)26(23,24)19-12-11-17(21)20-15-7-5-14(6-8-15)18(22)25-2/h3-10,19H,11-12H2,1-2H3,(H,20,21). The van der Waals surface area contributed by atoms with Crippen LogP contribution in [0.5, 0.6) is 0 Å². The fourth-order valence-corrected chi connectivity index (χ4v) is 3.16. The number of carbonyl (C=O) groups excluding carboxylic acids is 2. The summed E-state index contributed by atoms with van der Waals surface area (Å²) in [7, 11) is -2.36. The molecule has 1 amide bonds. The number of benzene rings is 2. The van der Waals surface area contributed by atoms with E-state index in [9.17, 15) is 18.0 Å². The molecule has 0 atom stereocenters. The lowest BCUT2D eigenvalue weighted by Gasteiger charge is -2.08. The number of hydrogen-bond donors (Lipinski definition) is 2. The van der Waals surface area contributed by atoms with E-state index >= 15 is 0 Å². The number of amides is 1. The molecule has 2 rings (SSSR count). The third-order valence-corrected chi connectivity index (χ3v) is 5.04. The van der Waals surface area contributed by atoms with Gasteiger partial charge >= 0.3 is 5.97 Å². The second-order valence-corrected chi connectivity index (χ2v) is 7.34. The van der Waals surface area contributed by atoms with Gasteiger partial charge in [-0.3, -0.25) is 4.79 Å². The van der Waals surface area contributed by atoms with Crippen molar-refractivity contribution in [2.24, 2.45) is 0 Å². The van der Waals surface area contributed by atoms with Gasteiger partial charge in [-0.25, -0.2) is 17.9 Å². The molecule has 0 spiro atoms. The van der Waals surface area contributed by atoms with Gasteiger partial charge in [-0.15, -0.1) is 0 Å². The van der Waals surface area contributed by atoms with Crippen molar-refractivity contribution in [2.45, 2.75) is 18.2 Å². The predicted octanol–water partition coefficient (Wildman–Crippen LogP) is 2.09. The van der Waals surface area contributed by atoms with Gasteiger partial charge in [0.2, 0.25) is 15.9 Å². The highest BCUT2D eigenvalue weighted by Gasteiger charge is 2.14. The van der Waals surface area contributed by atoms with E-state index in [4.69, 9.17) is 0 Å². The number of aryl methyl sites for hydroxylation is 1. The Bertz CT molecular complexity index is 875. The summed E-state index contributed by atoms with van der Waals surface area (Å²) in [6, 6.07) is 12.6. The molecule has 2 aromatic rings. The van der Waals surface area contributed by atoms with Crippen molar-refractivity contribution in [3.8, 4) is 0 Å². The van der Waals surface area contributed by atoms with Gasteiger partial charge in [0.15, 0.2) is 0 Å². The third-order valence-electron chi connectivity index (χ3n) is 3.57. The number of carbonyl (C=O) groups is 2. The molecule has 0 fully saturated rings. The van der Waals surface area contributed by atoms with Crippen molar-refractivity contribution in [1.29, 1.82) is 0 Å². The minimum Gasteiger partial charge on any atom is -0.465 e. The molecule has 0 aliphatic carbocycles. The zero-order valence-electron chi connectivity index (χ0n) is 14.5. The van der Waals surface area contributed by atoms with Crippen LogP contribution in [0.1, 0.15) is 22.3 Å². The van der Waals surface area contributed by atoms with Crippen LogP contribution in [-0.4, -0.2) is 33.9 Å². The summed E-state index contributed by atoms with van der Waals surface area (Å²) in [5.74, 6) is -0.809. The molecule has 0 bridgehead atoms. The minimum absolute atomic E-state index is 0.0240. The van der Waals surface area contributed by atoms with Gasteiger partial charge in [0.25, 0.3) is 0 Å². The van der Waals surface area contributed by atoms with Crippen molar-refractivity contribution in [3.63, 3.8) is 0 Å². The predicted molar refractivity (Wildman–Crippen MR) is 97.4 cm³/mol. The number of sulfonamides is 1. The van der Waals surface area contributed by atoms with Crippen molar-refractivity contribution >= 4 is 27.6 Å². The maximum atomic E-state index is 12.1. The van der Waals surface area contributed by atoms with Crippen LogP contribution in [0.4, 0.5) is 5.69 Å². The molecule has 0 unspecified atom stereocenters. The summed E-state index contributed by atoms with van der Waals surface area (Å²) in [6.45, 7) is 1.84. The molecule has 0 heterocycles. The van der Waals surface area contributed by atoms with Gasteiger partial charge in [0, 0.05) is 18.7 Å². The average molecular weight is 376 g/mol. The molecule has 0 aromatic heterocycles. The maximum Gasteiger partial charge on any atom is 0.337 e. The van der Waals surface area contributed by atoms with Gasteiger partial charge in [0.1, 0.15) is 0 Å². The van der Waals surface area contributed by atoms with E-state index in [0.29, 0.717) is 11.3 Å². The molecule has 0 saturated heterocycles. The van der Waals surface area contributed by atoms with Crippen LogP contribution in [0.25, 0.3) is 0 Å². The van der Waals surface area contributed by atoms with Gasteiger partial charge in [-0.1, -0.05) is 17.7 Å². The van der Waals surface area contributed by atoms with E-state index in [0.717, 1.165) is 5.56 Å². The zero-order valence-corrected chi connectivity index (χ0v) is 15.3. The number of nitrogens with one attached hydrogen (secondary N) is 2. The molecule has 2 N–H and O–H groups in total. The van der Waals surface area contributed by atoms with Crippen LogP contribution in [-0.2, 0) is 19.6 Å². The Morgan fingerprint density at radius 2 is 1.62 bits per heavy atom. The molecule has 7 nitrogen and oxygen atoms in total. The highest BCUT2D eigenvalue weighted by molar-refractivity contribution is 7.89. The lowest BCUT2D eigenvalue weighted by molar-refractivity contribution is -0.116. The molecule has 8 heteroatoms. The number of methoxy groups -OCH3 is 1. The summed E-state index contributed by atoms with van der Waals surface area (Å²) >= 11 is 0. The monoisotopic (exact) mass is 376 g/mol. The Morgan fingerprint density at radius 3 is 2.19 bits per heavy atom. The number of esters is 1. The first kappa shape index (κ1) is 19.6. The van der Waals surface area contributed by atoms with Crippen molar-refractivity contribution < 1.29 is 22.7 Å². The fraction of sp³-hybridized carbons (Fsp3) is 0.222. The van der Waals surface area contributed by atoms with E-state index in [2.05, 4.69) is 14.8 Å². The lowest BCUT2D eigenvalue weighted by atomic mass is 10.2. The molecular weight excluding hydrogens is 356 g/mol. The fourth-order valence-electron chi connectivity index (χ4n) is 2.13. The van der Waals surface area contributed by atoms with Crippen LogP contribution in [0.3, 0.4) is 0 Å². The third kappa shape index (κ3) is 5.40. The molecule has 2 aromatic carbocycles. The largest absolute Gasteiger partial charge is 0.465 e. The summed E-state index contributed by atoms with van der Waals surface area (Å²) < 4.78 is 31.2. The Morgan fingerprint density at radius 1 is 1.00 bits per heavy atom. The van der Waals surface area contributed by atoms with E-state index in [1.807, 2.05) is 6.92 Å². The highest BCUT2D eigenvalue weighted by Crippen LogP contribution is 2.12. The van der Waals surface area contributed by atoms with E-state index in [1.54, 1.807) is 24.3 Å². The van der Waals surface area contributed by atoms with Crippen LogP contribution < -0.4 is 10.0 Å². The van der Waals surface area contributed by atoms with Crippen LogP contribution in [0.2, 0.25) is 0 Å². The molecular formula is C18H20N2O5S. The maximum absolute atomic E-state index is 12.1. The first-order valence-electron chi connectivity index (χ1n) is 7.86. The first-order chi connectivity index (χ1) is 12.3. The Balaban J connectivity index is 1.85. The Hall–Kier alpha value is -2.71. The van der Waals surface area contributed by atoms with Crippen molar-refractivity contribution in [2.75, 3.05) is 19.0 Å². The smallest absolute Gasteiger partial charge is 0.337 e. The molecule has 138 valence electrons. The molecule has 0 radical (unpaired) electrons. The summed E-state index contributed by atoms with van der Waals surface area (Å²) in [6.07, 6.45) is -0.0240. The van der Waals surface area contributed by atoms with Gasteiger partial charge in [0.05, 0.1) is 17.6 Å². The second-order valence-electron chi connectivity index (χ2n) is 5.58. The topological polar surface area (TPSA) is 102 Å². The van der Waals surface area contributed by atoms with Gasteiger partial charge < -0.3 is 10.1 Å². The first-order valence-corrected chi connectivity index (χ1v) is 9.35. The normalized spacial score (nSPS) is 11.0. The average Bonchev–Trinajstić information content (AvgIpc) is 2.62. The zero-order chi connectivity index (χ0) is 19.2. The van der Waals surface area contributed by atoms with Gasteiger partial charge in [-0.05, 0) is 43.3 Å². The van der Waals surface area contributed by atoms with E-state index in [-0.39, 0.29) is 23.8 Å². The summed E-state index contributed by atoms with van der Waals surface area (Å²) in [5, 5.41) is 2.63. The quantitative estimate of drug-likeness (QED) is 0.721. The Labute approximate surface area is 152 Å². The Kier molecular flexibility index (Phi) is 6.48. The van der Waals surface area contributed by atoms with Crippen LogP contribution in [0, 0.1) is 6.92 Å². The second kappa shape index (κ2) is 8.59. The summed E-state index contributed by atoms with van der Waals surface area (Å²) in [4.78, 5) is 23.4. The van der Waals surface area contributed by atoms with Crippen LogP contribution >= 0.6 is 0 Å². The molecule has 0 aliphatic rings. The SMILES string of the molecule is COC(=O)c1ccc(NC(=O)CCNS(=O)(=O)c2ccc(C)cc2)cc1. The minimum atomic E-state index is -3.65. The molecule has 26 heavy (non-hydrogen) atoms. The lowest BCUT2D eigenvalue weighted by Crippen LogP contribution is -2.27. The molecule has 0 saturated carbocycles. The number of anilines is 1. The molecule has 0 aliphatic heterocycles. The highest BCUT2D eigenvalue weighted by atomic mass is 32.2. The van der Waals surface area contributed by atoms with Crippen molar-refractivity contribution in [3.05, 3.63) is 59.7 Å². The van der Waals surface area contributed by atoms with Crippen LogP contribution in [0.15, 0.2) is 53.4 Å². The van der Waals surface area contributed by atoms with E-state index < -0.39 is 16.0 Å². The van der Waals surface area contributed by atoms with E-state index in [1.165, 1.54) is 31.4 Å². The number of ether oxygens (including phenoxy) is 1.